The Morgan fingerprint density at radius 3 is 2.90 bits per heavy atom. The number of benzene rings is 1. The summed E-state index contributed by atoms with van der Waals surface area (Å²) in [6.45, 7) is 4.50. The zero-order chi connectivity index (χ0) is 15.1. The molecule has 116 valence electrons. The molecular weight excluding hydrogens is 271 g/mol. The van der Waals surface area contributed by atoms with Gasteiger partial charge in [-0.2, -0.15) is 0 Å². The largest absolute Gasteiger partial charge is 0.494 e. The lowest BCUT2D eigenvalue weighted by Crippen LogP contribution is -2.50. The lowest BCUT2D eigenvalue weighted by atomic mass is 9.95. The molecule has 2 rings (SSSR count). The zero-order valence-electron chi connectivity index (χ0n) is 12.4. The highest BCUT2D eigenvalue weighted by Gasteiger charge is 2.22. The number of carbonyl (C=O) groups is 1. The minimum atomic E-state index is -0.281. The first-order valence-corrected chi connectivity index (χ1v) is 7.53. The summed E-state index contributed by atoms with van der Waals surface area (Å²) >= 11 is 0. The molecule has 0 bridgehead atoms. The van der Waals surface area contributed by atoms with Gasteiger partial charge in [-0.3, -0.25) is 4.79 Å². The van der Waals surface area contributed by atoms with Crippen LogP contribution in [0.3, 0.4) is 0 Å². The minimum absolute atomic E-state index is 0.0678. The maximum absolute atomic E-state index is 12.7. The highest BCUT2D eigenvalue weighted by atomic mass is 19.1. The van der Waals surface area contributed by atoms with Crippen molar-refractivity contribution in [2.75, 3.05) is 19.7 Å². The second-order valence-corrected chi connectivity index (χ2v) is 5.55. The van der Waals surface area contributed by atoms with Crippen LogP contribution in [-0.2, 0) is 4.79 Å². The van der Waals surface area contributed by atoms with Crippen molar-refractivity contribution in [2.24, 2.45) is 5.92 Å². The molecule has 1 aliphatic rings. The highest BCUT2D eigenvalue weighted by Crippen LogP contribution is 2.13. The van der Waals surface area contributed by atoms with Crippen molar-refractivity contribution >= 4 is 5.91 Å². The number of hydrogen-bond acceptors (Lipinski definition) is 3. The second-order valence-electron chi connectivity index (χ2n) is 5.55. The molecule has 1 fully saturated rings. The standard InChI is InChI=1S/C16H23FN2O2/c1-12-8-9-18-11-15(12)19-16(20)3-2-10-21-14-6-4-13(17)5-7-14/h4-7,12,15,18H,2-3,8-11H2,1H3,(H,19,20). The van der Waals surface area contributed by atoms with Gasteiger partial charge in [0, 0.05) is 19.0 Å². The van der Waals surface area contributed by atoms with Gasteiger partial charge in [0.2, 0.25) is 5.91 Å². The van der Waals surface area contributed by atoms with Crippen molar-refractivity contribution in [1.82, 2.24) is 10.6 Å². The topological polar surface area (TPSA) is 50.4 Å². The van der Waals surface area contributed by atoms with Gasteiger partial charge < -0.3 is 15.4 Å². The summed E-state index contributed by atoms with van der Waals surface area (Å²) in [6.07, 6.45) is 2.20. The van der Waals surface area contributed by atoms with E-state index in [1.807, 2.05) is 0 Å². The molecule has 0 radical (unpaired) electrons. The van der Waals surface area contributed by atoms with Crippen molar-refractivity contribution in [3.05, 3.63) is 30.1 Å². The van der Waals surface area contributed by atoms with Gasteiger partial charge in [0.1, 0.15) is 11.6 Å². The number of hydrogen-bond donors (Lipinski definition) is 2. The third-order valence-corrected chi connectivity index (χ3v) is 3.80. The number of halogens is 1. The van der Waals surface area contributed by atoms with Gasteiger partial charge in [0.05, 0.1) is 6.61 Å². The molecule has 0 spiro atoms. The number of amides is 1. The number of rotatable bonds is 6. The first kappa shape index (κ1) is 15.8. The first-order chi connectivity index (χ1) is 10.1. The van der Waals surface area contributed by atoms with Crippen LogP contribution in [0.1, 0.15) is 26.2 Å². The van der Waals surface area contributed by atoms with Crippen LogP contribution in [-0.4, -0.2) is 31.6 Å². The maximum atomic E-state index is 12.7. The number of nitrogens with one attached hydrogen (secondary N) is 2. The zero-order valence-corrected chi connectivity index (χ0v) is 12.4. The molecule has 1 saturated heterocycles. The maximum Gasteiger partial charge on any atom is 0.220 e. The molecule has 1 aromatic carbocycles. The van der Waals surface area contributed by atoms with Crippen LogP contribution in [0.5, 0.6) is 5.75 Å². The molecule has 21 heavy (non-hydrogen) atoms. The van der Waals surface area contributed by atoms with Gasteiger partial charge in [0.15, 0.2) is 0 Å². The van der Waals surface area contributed by atoms with Crippen molar-refractivity contribution in [3.63, 3.8) is 0 Å². The fraction of sp³-hybridized carbons (Fsp3) is 0.562. The summed E-state index contributed by atoms with van der Waals surface area (Å²) in [5.74, 6) is 0.933. The molecule has 0 saturated carbocycles. The van der Waals surface area contributed by atoms with Gasteiger partial charge >= 0.3 is 0 Å². The third kappa shape index (κ3) is 5.34. The molecule has 1 aliphatic heterocycles. The number of ether oxygens (including phenoxy) is 1. The molecule has 0 aromatic heterocycles. The summed E-state index contributed by atoms with van der Waals surface area (Å²) in [5, 5.41) is 6.36. The summed E-state index contributed by atoms with van der Waals surface area (Å²) in [7, 11) is 0. The van der Waals surface area contributed by atoms with Crippen LogP contribution < -0.4 is 15.4 Å². The van der Waals surface area contributed by atoms with E-state index < -0.39 is 0 Å². The molecule has 0 aliphatic carbocycles. The molecule has 2 unspecified atom stereocenters. The van der Waals surface area contributed by atoms with Gasteiger partial charge in [-0.1, -0.05) is 6.92 Å². The molecular formula is C16H23FN2O2. The van der Waals surface area contributed by atoms with Crippen molar-refractivity contribution in [3.8, 4) is 5.75 Å². The van der Waals surface area contributed by atoms with E-state index in [2.05, 4.69) is 17.6 Å². The van der Waals surface area contributed by atoms with E-state index in [-0.39, 0.29) is 17.8 Å². The smallest absolute Gasteiger partial charge is 0.220 e. The average Bonchev–Trinajstić information content (AvgIpc) is 2.48. The van der Waals surface area contributed by atoms with Gasteiger partial charge in [0.25, 0.3) is 0 Å². The van der Waals surface area contributed by atoms with Gasteiger partial charge in [-0.05, 0) is 49.6 Å². The van der Waals surface area contributed by atoms with Crippen molar-refractivity contribution in [1.29, 1.82) is 0 Å². The highest BCUT2D eigenvalue weighted by molar-refractivity contribution is 5.76. The van der Waals surface area contributed by atoms with E-state index in [9.17, 15) is 9.18 Å². The second kappa shape index (κ2) is 7.98. The molecule has 4 nitrogen and oxygen atoms in total. The van der Waals surface area contributed by atoms with Gasteiger partial charge in [-0.15, -0.1) is 0 Å². The third-order valence-electron chi connectivity index (χ3n) is 3.80. The average molecular weight is 294 g/mol. The van der Waals surface area contributed by atoms with Crippen LogP contribution in [0.4, 0.5) is 4.39 Å². The van der Waals surface area contributed by atoms with E-state index in [1.54, 1.807) is 12.1 Å². The van der Waals surface area contributed by atoms with Crippen LogP contribution in [0.2, 0.25) is 0 Å². The molecule has 5 heteroatoms. The predicted octanol–water partition coefficient (Wildman–Crippen LogP) is 2.10. The Morgan fingerprint density at radius 2 is 2.19 bits per heavy atom. The normalized spacial score (nSPS) is 21.8. The van der Waals surface area contributed by atoms with E-state index in [1.165, 1.54) is 12.1 Å². The van der Waals surface area contributed by atoms with Crippen molar-refractivity contribution < 1.29 is 13.9 Å². The minimum Gasteiger partial charge on any atom is -0.494 e. The van der Waals surface area contributed by atoms with E-state index in [0.29, 0.717) is 31.1 Å². The molecule has 1 heterocycles. The Kier molecular flexibility index (Phi) is 5.99. The molecule has 2 atom stereocenters. The predicted molar refractivity (Wildman–Crippen MR) is 79.7 cm³/mol. The fourth-order valence-electron chi connectivity index (χ4n) is 2.42. The van der Waals surface area contributed by atoms with E-state index in [0.717, 1.165) is 19.5 Å². The van der Waals surface area contributed by atoms with Crippen LogP contribution in [0.25, 0.3) is 0 Å². The van der Waals surface area contributed by atoms with Crippen LogP contribution in [0.15, 0.2) is 24.3 Å². The number of carbonyl (C=O) groups excluding carboxylic acids is 1. The molecule has 1 amide bonds. The Labute approximate surface area is 125 Å². The Balaban J connectivity index is 1.61. The van der Waals surface area contributed by atoms with Gasteiger partial charge in [-0.25, -0.2) is 4.39 Å². The Bertz CT molecular complexity index is 450. The summed E-state index contributed by atoms with van der Waals surface area (Å²) in [5.41, 5.74) is 0. The molecule has 2 N–H and O–H groups in total. The first-order valence-electron chi connectivity index (χ1n) is 7.53. The van der Waals surface area contributed by atoms with E-state index >= 15 is 0 Å². The van der Waals surface area contributed by atoms with Crippen LogP contribution >= 0.6 is 0 Å². The Morgan fingerprint density at radius 1 is 1.43 bits per heavy atom. The van der Waals surface area contributed by atoms with Crippen molar-refractivity contribution in [2.45, 2.75) is 32.2 Å². The molecule has 1 aromatic rings. The van der Waals surface area contributed by atoms with Crippen LogP contribution in [0, 0.1) is 11.7 Å². The summed E-state index contributed by atoms with van der Waals surface area (Å²) in [4.78, 5) is 11.9. The lowest BCUT2D eigenvalue weighted by molar-refractivity contribution is -0.122. The SMILES string of the molecule is CC1CCNCC1NC(=O)CCCOc1ccc(F)cc1. The summed E-state index contributed by atoms with van der Waals surface area (Å²) in [6, 6.07) is 6.12. The quantitative estimate of drug-likeness (QED) is 0.790. The fourth-order valence-corrected chi connectivity index (χ4v) is 2.42. The monoisotopic (exact) mass is 294 g/mol. The Hall–Kier alpha value is -1.62. The van der Waals surface area contributed by atoms with E-state index in [4.69, 9.17) is 4.74 Å². The summed E-state index contributed by atoms with van der Waals surface area (Å²) < 4.78 is 18.2. The lowest BCUT2D eigenvalue weighted by Gasteiger charge is -2.30. The number of piperidine rings is 1.